The van der Waals surface area contributed by atoms with Gasteiger partial charge in [0.25, 0.3) is 0 Å². The summed E-state index contributed by atoms with van der Waals surface area (Å²) in [6, 6.07) is 14.0. The molecule has 6 nitrogen and oxygen atoms in total. The maximum absolute atomic E-state index is 13.0. The van der Waals surface area contributed by atoms with Crippen molar-refractivity contribution in [1.29, 1.82) is 0 Å². The van der Waals surface area contributed by atoms with Crippen molar-refractivity contribution >= 4 is 17.5 Å². The van der Waals surface area contributed by atoms with Crippen LogP contribution in [0.1, 0.15) is 31.0 Å². The number of nitrogens with one attached hydrogen (secondary N) is 2. The van der Waals surface area contributed by atoms with E-state index in [1.54, 1.807) is 12.1 Å². The van der Waals surface area contributed by atoms with E-state index in [0.717, 1.165) is 38.2 Å². The van der Waals surface area contributed by atoms with Gasteiger partial charge in [0.2, 0.25) is 11.8 Å². The Hall–Kier alpha value is -2.77. The molecule has 0 spiro atoms. The van der Waals surface area contributed by atoms with E-state index in [9.17, 15) is 14.0 Å². The molecule has 7 heteroatoms. The highest BCUT2D eigenvalue weighted by Crippen LogP contribution is 2.14. The van der Waals surface area contributed by atoms with Crippen molar-refractivity contribution in [2.45, 2.75) is 26.3 Å². The molecule has 1 heterocycles. The minimum atomic E-state index is -0.332. The van der Waals surface area contributed by atoms with E-state index in [1.807, 2.05) is 6.92 Å². The molecule has 0 saturated carbocycles. The number of hydrogen-bond acceptors (Lipinski definition) is 4. The van der Waals surface area contributed by atoms with Gasteiger partial charge in [0.05, 0.1) is 19.1 Å². The minimum absolute atomic E-state index is 0.00886. The molecule has 3 rings (SSSR count). The van der Waals surface area contributed by atoms with Crippen LogP contribution in [0.2, 0.25) is 0 Å². The molecule has 1 atom stereocenters. The van der Waals surface area contributed by atoms with Crippen molar-refractivity contribution in [3.05, 3.63) is 65.5 Å². The van der Waals surface area contributed by atoms with Crippen LogP contribution >= 0.6 is 0 Å². The van der Waals surface area contributed by atoms with Gasteiger partial charge in [-0.2, -0.15) is 0 Å². The molecular weight excluding hydrogens is 395 g/mol. The molecule has 31 heavy (non-hydrogen) atoms. The van der Waals surface area contributed by atoms with E-state index >= 15 is 0 Å². The predicted molar refractivity (Wildman–Crippen MR) is 120 cm³/mol. The largest absolute Gasteiger partial charge is 0.348 e. The first-order chi connectivity index (χ1) is 14.9. The Bertz CT molecular complexity index is 862. The van der Waals surface area contributed by atoms with Gasteiger partial charge in [-0.1, -0.05) is 31.2 Å². The van der Waals surface area contributed by atoms with Crippen LogP contribution in [-0.4, -0.2) is 60.9 Å². The lowest BCUT2D eigenvalue weighted by Gasteiger charge is -2.34. The summed E-state index contributed by atoms with van der Waals surface area (Å²) < 4.78 is 13.0. The van der Waals surface area contributed by atoms with Gasteiger partial charge in [0.1, 0.15) is 5.82 Å². The quantitative estimate of drug-likeness (QED) is 0.681. The zero-order chi connectivity index (χ0) is 22.2. The molecular formula is C24H31FN4O2. The van der Waals surface area contributed by atoms with Crippen molar-refractivity contribution in [2.75, 3.05) is 44.6 Å². The molecule has 2 aromatic rings. The normalized spacial score (nSPS) is 16.0. The van der Waals surface area contributed by atoms with Gasteiger partial charge >= 0.3 is 0 Å². The van der Waals surface area contributed by atoms with E-state index in [2.05, 4.69) is 51.6 Å². The molecule has 0 aliphatic carbocycles. The fraction of sp³-hybridized carbons (Fsp3) is 0.417. The van der Waals surface area contributed by atoms with Crippen molar-refractivity contribution in [2.24, 2.45) is 0 Å². The van der Waals surface area contributed by atoms with Gasteiger partial charge in [0.15, 0.2) is 0 Å². The second kappa shape index (κ2) is 11.0. The van der Waals surface area contributed by atoms with Gasteiger partial charge in [-0.25, -0.2) is 4.39 Å². The number of rotatable bonds is 8. The van der Waals surface area contributed by atoms with Gasteiger partial charge in [-0.05, 0) is 48.7 Å². The van der Waals surface area contributed by atoms with E-state index < -0.39 is 0 Å². The molecule has 1 saturated heterocycles. The third-order valence-corrected chi connectivity index (χ3v) is 5.59. The number of halogens is 1. The molecule has 166 valence electrons. The first kappa shape index (κ1) is 22.9. The first-order valence-corrected chi connectivity index (χ1v) is 10.8. The SMILES string of the molecule is CCc1ccc(C(C)NC(=O)CN2CCN(CC(=O)Nc3ccc(F)cc3)CC2)cc1. The lowest BCUT2D eigenvalue weighted by Crippen LogP contribution is -2.51. The molecule has 1 fully saturated rings. The number of anilines is 1. The zero-order valence-corrected chi connectivity index (χ0v) is 18.2. The third kappa shape index (κ3) is 7.15. The van der Waals surface area contributed by atoms with Crippen molar-refractivity contribution in [1.82, 2.24) is 15.1 Å². The fourth-order valence-electron chi connectivity index (χ4n) is 3.66. The van der Waals surface area contributed by atoms with Crippen LogP contribution in [0, 0.1) is 5.82 Å². The summed E-state index contributed by atoms with van der Waals surface area (Å²) in [5.74, 6) is -0.447. The van der Waals surface area contributed by atoms with Crippen LogP contribution in [0.4, 0.5) is 10.1 Å². The van der Waals surface area contributed by atoms with E-state index in [4.69, 9.17) is 0 Å². The average Bonchev–Trinajstić information content (AvgIpc) is 2.76. The van der Waals surface area contributed by atoms with Gasteiger partial charge in [-0.3, -0.25) is 19.4 Å². The van der Waals surface area contributed by atoms with E-state index in [-0.39, 0.29) is 30.2 Å². The molecule has 1 aliphatic heterocycles. The summed E-state index contributed by atoms with van der Waals surface area (Å²) >= 11 is 0. The highest BCUT2D eigenvalue weighted by atomic mass is 19.1. The number of piperazine rings is 1. The summed E-state index contributed by atoms with van der Waals surface area (Å²) in [5, 5.41) is 5.85. The summed E-state index contributed by atoms with van der Waals surface area (Å²) in [7, 11) is 0. The number of amides is 2. The lowest BCUT2D eigenvalue weighted by atomic mass is 10.1. The summed E-state index contributed by atoms with van der Waals surface area (Å²) in [6.45, 7) is 7.66. The van der Waals surface area contributed by atoms with Crippen molar-refractivity contribution in [3.8, 4) is 0 Å². The maximum Gasteiger partial charge on any atom is 0.238 e. The van der Waals surface area contributed by atoms with Gasteiger partial charge < -0.3 is 10.6 Å². The summed E-state index contributed by atoms with van der Waals surface area (Å²) in [4.78, 5) is 28.8. The zero-order valence-electron chi connectivity index (χ0n) is 18.2. The van der Waals surface area contributed by atoms with E-state index in [1.165, 1.54) is 17.7 Å². The van der Waals surface area contributed by atoms with Crippen molar-refractivity contribution < 1.29 is 14.0 Å². The van der Waals surface area contributed by atoms with Crippen LogP contribution in [0.5, 0.6) is 0 Å². The molecule has 0 radical (unpaired) electrons. The summed E-state index contributed by atoms with van der Waals surface area (Å²) in [6.07, 6.45) is 1.00. The highest BCUT2D eigenvalue weighted by Gasteiger charge is 2.21. The molecule has 0 bridgehead atoms. The molecule has 2 N–H and O–H groups in total. The molecule has 1 unspecified atom stereocenters. The molecule has 1 aliphatic rings. The average molecular weight is 427 g/mol. The molecule has 2 amide bonds. The smallest absolute Gasteiger partial charge is 0.238 e. The standard InChI is InChI=1S/C24H31FN4O2/c1-3-19-4-6-20(7-5-19)18(2)26-23(30)16-28-12-14-29(15-13-28)17-24(31)27-22-10-8-21(25)9-11-22/h4-11,18H,3,12-17H2,1-2H3,(H,26,30)(H,27,31). The Balaban J connectivity index is 1.37. The lowest BCUT2D eigenvalue weighted by molar-refractivity contribution is -0.124. The summed E-state index contributed by atoms with van der Waals surface area (Å²) in [5.41, 5.74) is 2.97. The van der Waals surface area contributed by atoms with Crippen LogP contribution in [-0.2, 0) is 16.0 Å². The van der Waals surface area contributed by atoms with Crippen LogP contribution < -0.4 is 10.6 Å². The predicted octanol–water partition coefficient (Wildman–Crippen LogP) is 2.82. The second-order valence-corrected chi connectivity index (χ2v) is 7.99. The Morgan fingerprint density at radius 1 is 0.903 bits per heavy atom. The highest BCUT2D eigenvalue weighted by molar-refractivity contribution is 5.92. The number of aryl methyl sites for hydroxylation is 1. The van der Waals surface area contributed by atoms with Crippen LogP contribution in [0.25, 0.3) is 0 Å². The molecule has 2 aromatic carbocycles. The van der Waals surface area contributed by atoms with E-state index in [0.29, 0.717) is 12.2 Å². The maximum atomic E-state index is 13.0. The number of hydrogen-bond donors (Lipinski definition) is 2. The Morgan fingerprint density at radius 2 is 1.45 bits per heavy atom. The number of nitrogens with zero attached hydrogens (tertiary/aromatic N) is 2. The van der Waals surface area contributed by atoms with Gasteiger partial charge in [0, 0.05) is 31.9 Å². The number of carbonyl (C=O) groups is 2. The Morgan fingerprint density at radius 3 is 2.00 bits per heavy atom. The number of carbonyl (C=O) groups excluding carboxylic acids is 2. The Labute approximate surface area is 183 Å². The van der Waals surface area contributed by atoms with Gasteiger partial charge in [-0.15, -0.1) is 0 Å². The minimum Gasteiger partial charge on any atom is -0.348 e. The molecule has 0 aromatic heterocycles. The first-order valence-electron chi connectivity index (χ1n) is 10.8. The number of benzene rings is 2. The van der Waals surface area contributed by atoms with Crippen LogP contribution in [0.15, 0.2) is 48.5 Å². The Kier molecular flexibility index (Phi) is 8.14. The van der Waals surface area contributed by atoms with Crippen LogP contribution in [0.3, 0.4) is 0 Å². The topological polar surface area (TPSA) is 64.7 Å². The monoisotopic (exact) mass is 426 g/mol. The second-order valence-electron chi connectivity index (χ2n) is 7.99. The third-order valence-electron chi connectivity index (χ3n) is 5.59. The fourth-order valence-corrected chi connectivity index (χ4v) is 3.66. The van der Waals surface area contributed by atoms with Crippen molar-refractivity contribution in [3.63, 3.8) is 0 Å².